The Morgan fingerprint density at radius 1 is 1.24 bits per heavy atom. The number of urea groups is 1. The van der Waals surface area contributed by atoms with E-state index in [1.165, 1.54) is 12.4 Å². The van der Waals surface area contributed by atoms with Gasteiger partial charge in [-0.2, -0.15) is 5.10 Å². The highest BCUT2D eigenvalue weighted by molar-refractivity contribution is 6.22. The van der Waals surface area contributed by atoms with E-state index >= 15 is 0 Å². The summed E-state index contributed by atoms with van der Waals surface area (Å²) in [6, 6.07) is 3.31. The van der Waals surface area contributed by atoms with Crippen molar-refractivity contribution < 1.29 is 9.59 Å². The SMILES string of the molecule is CC1(C)C(=O)N(c2cn[nH]c2)C(=O)N1Cc1ccncc1. The maximum Gasteiger partial charge on any atom is 0.332 e. The first-order valence-electron chi connectivity index (χ1n) is 6.55. The molecule has 0 aromatic carbocycles. The van der Waals surface area contributed by atoms with Crippen molar-refractivity contribution in [3.05, 3.63) is 42.5 Å². The van der Waals surface area contributed by atoms with E-state index in [2.05, 4.69) is 15.2 Å². The van der Waals surface area contributed by atoms with Gasteiger partial charge in [0, 0.05) is 25.1 Å². The van der Waals surface area contributed by atoms with Gasteiger partial charge in [-0.05, 0) is 31.5 Å². The Kier molecular flexibility index (Phi) is 2.97. The highest BCUT2D eigenvalue weighted by atomic mass is 16.2. The van der Waals surface area contributed by atoms with Crippen molar-refractivity contribution in [2.45, 2.75) is 25.9 Å². The zero-order valence-electron chi connectivity index (χ0n) is 11.8. The number of nitrogens with one attached hydrogen (secondary N) is 1. The number of anilines is 1. The molecule has 0 atom stereocenters. The van der Waals surface area contributed by atoms with Crippen LogP contribution in [0.5, 0.6) is 0 Å². The lowest BCUT2D eigenvalue weighted by Gasteiger charge is -2.27. The average Bonchev–Trinajstić information content (AvgIpc) is 3.04. The van der Waals surface area contributed by atoms with Gasteiger partial charge in [0.15, 0.2) is 0 Å². The molecule has 0 unspecified atom stereocenters. The van der Waals surface area contributed by atoms with Crippen LogP contribution in [-0.2, 0) is 11.3 Å². The Balaban J connectivity index is 1.94. The third-order valence-corrected chi connectivity index (χ3v) is 3.66. The molecule has 2 aromatic heterocycles. The number of aromatic nitrogens is 3. The molecule has 1 aliphatic heterocycles. The predicted molar refractivity (Wildman–Crippen MR) is 75.3 cm³/mol. The van der Waals surface area contributed by atoms with Crippen molar-refractivity contribution in [2.24, 2.45) is 0 Å². The van der Waals surface area contributed by atoms with Crippen LogP contribution in [-0.4, -0.2) is 37.6 Å². The van der Waals surface area contributed by atoms with Crippen LogP contribution in [0.15, 0.2) is 36.9 Å². The van der Waals surface area contributed by atoms with Gasteiger partial charge < -0.3 is 4.90 Å². The van der Waals surface area contributed by atoms with Crippen LogP contribution in [0.2, 0.25) is 0 Å². The van der Waals surface area contributed by atoms with Gasteiger partial charge in [-0.15, -0.1) is 0 Å². The van der Waals surface area contributed by atoms with Gasteiger partial charge in [0.2, 0.25) is 0 Å². The molecule has 2 aromatic rings. The second-order valence-electron chi connectivity index (χ2n) is 5.38. The summed E-state index contributed by atoms with van der Waals surface area (Å²) in [6.45, 7) is 3.84. The molecule has 3 heterocycles. The monoisotopic (exact) mass is 285 g/mol. The summed E-state index contributed by atoms with van der Waals surface area (Å²) in [5.41, 5.74) is 0.473. The molecule has 1 fully saturated rings. The summed E-state index contributed by atoms with van der Waals surface area (Å²) in [5, 5.41) is 6.41. The average molecular weight is 285 g/mol. The van der Waals surface area contributed by atoms with E-state index in [1.807, 2.05) is 12.1 Å². The number of hydrogen-bond acceptors (Lipinski definition) is 4. The summed E-state index contributed by atoms with van der Waals surface area (Å²) in [5.74, 6) is -0.261. The molecule has 0 aliphatic carbocycles. The van der Waals surface area contributed by atoms with E-state index in [0.29, 0.717) is 12.2 Å². The molecule has 0 bridgehead atoms. The van der Waals surface area contributed by atoms with Crippen molar-refractivity contribution in [1.82, 2.24) is 20.1 Å². The van der Waals surface area contributed by atoms with E-state index in [4.69, 9.17) is 0 Å². The molecule has 1 N–H and O–H groups in total. The highest BCUT2D eigenvalue weighted by Crippen LogP contribution is 2.32. The van der Waals surface area contributed by atoms with Crippen LogP contribution >= 0.6 is 0 Å². The summed E-state index contributed by atoms with van der Waals surface area (Å²) in [7, 11) is 0. The number of hydrogen-bond donors (Lipinski definition) is 1. The fourth-order valence-electron chi connectivity index (χ4n) is 2.37. The summed E-state index contributed by atoms with van der Waals surface area (Å²) in [6.07, 6.45) is 6.32. The third kappa shape index (κ3) is 2.06. The number of carbonyl (C=O) groups is 2. The van der Waals surface area contributed by atoms with Crippen molar-refractivity contribution in [2.75, 3.05) is 4.90 Å². The Morgan fingerprint density at radius 3 is 2.57 bits per heavy atom. The molecule has 7 nitrogen and oxygen atoms in total. The summed E-state index contributed by atoms with van der Waals surface area (Å²) in [4.78, 5) is 31.8. The fourth-order valence-corrected chi connectivity index (χ4v) is 2.37. The number of imide groups is 1. The molecule has 1 saturated heterocycles. The Labute approximate surface area is 121 Å². The van der Waals surface area contributed by atoms with Gasteiger partial charge in [0.1, 0.15) is 5.54 Å². The highest BCUT2D eigenvalue weighted by Gasteiger charge is 2.51. The van der Waals surface area contributed by atoms with Gasteiger partial charge in [-0.25, -0.2) is 9.69 Å². The van der Waals surface area contributed by atoms with Gasteiger partial charge in [-0.1, -0.05) is 0 Å². The van der Waals surface area contributed by atoms with Gasteiger partial charge >= 0.3 is 6.03 Å². The quantitative estimate of drug-likeness (QED) is 0.867. The molecule has 21 heavy (non-hydrogen) atoms. The van der Waals surface area contributed by atoms with E-state index in [1.54, 1.807) is 31.1 Å². The van der Waals surface area contributed by atoms with Crippen LogP contribution in [0.1, 0.15) is 19.4 Å². The van der Waals surface area contributed by atoms with E-state index in [0.717, 1.165) is 10.5 Å². The second kappa shape index (κ2) is 4.69. The van der Waals surface area contributed by atoms with Crippen LogP contribution in [0, 0.1) is 0 Å². The van der Waals surface area contributed by atoms with Gasteiger partial charge in [0.25, 0.3) is 5.91 Å². The first-order valence-corrected chi connectivity index (χ1v) is 6.55. The van der Waals surface area contributed by atoms with E-state index in [9.17, 15) is 9.59 Å². The molecule has 0 saturated carbocycles. The largest absolute Gasteiger partial charge is 0.332 e. The lowest BCUT2D eigenvalue weighted by molar-refractivity contribution is -0.123. The van der Waals surface area contributed by atoms with Crippen LogP contribution in [0.25, 0.3) is 0 Å². The maximum atomic E-state index is 12.6. The lowest BCUT2D eigenvalue weighted by atomic mass is 10.0. The number of amides is 3. The first-order chi connectivity index (χ1) is 10.0. The lowest BCUT2D eigenvalue weighted by Crippen LogP contribution is -2.43. The Morgan fingerprint density at radius 2 is 1.95 bits per heavy atom. The molecule has 108 valence electrons. The van der Waals surface area contributed by atoms with Crippen LogP contribution in [0.4, 0.5) is 10.5 Å². The Bertz CT molecular complexity index is 666. The minimum atomic E-state index is -0.905. The van der Waals surface area contributed by atoms with Crippen molar-refractivity contribution >= 4 is 17.6 Å². The molecular formula is C14H15N5O2. The number of pyridine rings is 1. The molecule has 7 heteroatoms. The normalized spacial score (nSPS) is 17.6. The number of nitrogens with zero attached hydrogens (tertiary/aromatic N) is 4. The minimum absolute atomic E-state index is 0.261. The smallest absolute Gasteiger partial charge is 0.305 e. The topological polar surface area (TPSA) is 82.2 Å². The van der Waals surface area contributed by atoms with Crippen molar-refractivity contribution in [3.63, 3.8) is 0 Å². The molecule has 0 radical (unpaired) electrons. The number of aromatic amines is 1. The van der Waals surface area contributed by atoms with Gasteiger partial charge in [0.05, 0.1) is 11.9 Å². The van der Waals surface area contributed by atoms with Crippen LogP contribution in [0.3, 0.4) is 0 Å². The molecular weight excluding hydrogens is 270 g/mol. The van der Waals surface area contributed by atoms with Gasteiger partial charge in [-0.3, -0.25) is 14.9 Å². The van der Waals surface area contributed by atoms with Crippen molar-refractivity contribution in [3.8, 4) is 0 Å². The van der Waals surface area contributed by atoms with Crippen molar-refractivity contribution in [1.29, 1.82) is 0 Å². The minimum Gasteiger partial charge on any atom is -0.305 e. The number of carbonyl (C=O) groups excluding carboxylic acids is 2. The summed E-state index contributed by atoms with van der Waals surface area (Å²) >= 11 is 0. The fraction of sp³-hybridized carbons (Fsp3) is 0.286. The molecule has 0 spiro atoms. The van der Waals surface area contributed by atoms with Crippen LogP contribution < -0.4 is 4.90 Å². The predicted octanol–water partition coefficient (Wildman–Crippen LogP) is 1.55. The Hall–Kier alpha value is -2.70. The molecule has 3 amide bonds. The zero-order chi connectivity index (χ0) is 15.0. The second-order valence-corrected chi connectivity index (χ2v) is 5.38. The zero-order valence-corrected chi connectivity index (χ0v) is 11.8. The first kappa shape index (κ1) is 13.3. The molecule has 1 aliphatic rings. The number of rotatable bonds is 3. The maximum absolute atomic E-state index is 12.6. The third-order valence-electron chi connectivity index (χ3n) is 3.66. The standard InChI is InChI=1S/C14H15N5O2/c1-14(2)12(20)19(11-7-16-17-8-11)13(21)18(14)9-10-3-5-15-6-4-10/h3-8H,9H2,1-2H3,(H,16,17). The van der Waals surface area contributed by atoms with E-state index in [-0.39, 0.29) is 11.9 Å². The molecule has 3 rings (SSSR count). The number of H-pyrrole nitrogens is 1. The van der Waals surface area contributed by atoms with E-state index < -0.39 is 5.54 Å². The summed E-state index contributed by atoms with van der Waals surface area (Å²) < 4.78 is 0.